The fourth-order valence-electron chi connectivity index (χ4n) is 8.71. The first kappa shape index (κ1) is 22.9. The third-order valence-corrected chi connectivity index (χ3v) is 10.2. The van der Waals surface area contributed by atoms with Crippen LogP contribution in [0.4, 0.5) is 0 Å². The smallest absolute Gasteiger partial charge is 0.312 e. The highest BCUT2D eigenvalue weighted by Crippen LogP contribution is 2.70. The van der Waals surface area contributed by atoms with Gasteiger partial charge in [-0.3, -0.25) is 14.4 Å². The Kier molecular flexibility index (Phi) is 5.24. The molecule has 1 N–H and O–H groups in total. The third-order valence-electron chi connectivity index (χ3n) is 10.2. The molecule has 5 unspecified atom stereocenters. The molecule has 4 aliphatic carbocycles. The average Bonchev–Trinajstić information content (AvgIpc) is 3.27. The lowest BCUT2D eigenvalue weighted by molar-refractivity contribution is -0.203. The summed E-state index contributed by atoms with van der Waals surface area (Å²) in [7, 11) is 1.42. The minimum atomic E-state index is -0.563. The molecule has 0 aromatic heterocycles. The second-order valence-electron chi connectivity index (χ2n) is 11.5. The number of fused-ring (bicyclic) bond motifs is 6. The van der Waals surface area contributed by atoms with Crippen LogP contribution < -0.4 is 0 Å². The lowest BCUT2D eigenvalue weighted by atomic mass is 9.44. The number of esters is 3. The quantitative estimate of drug-likeness (QED) is 0.383. The summed E-state index contributed by atoms with van der Waals surface area (Å²) in [5.41, 5.74) is -0.133. The highest BCUT2D eigenvalue weighted by molar-refractivity contribution is 5.76. The van der Waals surface area contributed by atoms with Crippen LogP contribution in [0.15, 0.2) is 11.6 Å². The number of hydrogen-bond donors (Lipinski definition) is 1. The van der Waals surface area contributed by atoms with Gasteiger partial charge in [0.05, 0.1) is 19.1 Å². The van der Waals surface area contributed by atoms with Crippen LogP contribution in [-0.4, -0.2) is 47.9 Å². The van der Waals surface area contributed by atoms with Crippen molar-refractivity contribution in [2.75, 3.05) is 7.11 Å². The van der Waals surface area contributed by atoms with Crippen molar-refractivity contribution in [3.05, 3.63) is 11.6 Å². The molecule has 1 heterocycles. The van der Waals surface area contributed by atoms with Gasteiger partial charge >= 0.3 is 17.9 Å². The first-order chi connectivity index (χ1) is 15.5. The number of rotatable bonds is 2. The average molecular weight is 461 g/mol. The van der Waals surface area contributed by atoms with Gasteiger partial charge in [-0.05, 0) is 62.2 Å². The van der Waals surface area contributed by atoms with Gasteiger partial charge in [-0.25, -0.2) is 0 Å². The van der Waals surface area contributed by atoms with Crippen molar-refractivity contribution >= 4 is 17.9 Å². The molecule has 4 fully saturated rings. The van der Waals surface area contributed by atoms with E-state index in [-0.39, 0.29) is 52.6 Å². The molecular weight excluding hydrogens is 424 g/mol. The largest absolute Gasteiger partial charge is 0.469 e. The SMILES string of the molecule is COC(=O)C1C=C2C[C@@H](O)CC[C@]2(C)C2C(OC(C)=O)C[C@@]3(C)C(CC[C@@]34CCC(=O)O4)C12. The van der Waals surface area contributed by atoms with Crippen LogP contribution >= 0.6 is 0 Å². The third kappa shape index (κ3) is 3.14. The Morgan fingerprint density at radius 3 is 2.58 bits per heavy atom. The van der Waals surface area contributed by atoms with Gasteiger partial charge in [0.1, 0.15) is 11.7 Å². The van der Waals surface area contributed by atoms with E-state index in [2.05, 4.69) is 19.9 Å². The minimum absolute atomic E-state index is 0.0525. The van der Waals surface area contributed by atoms with Crippen molar-refractivity contribution in [2.45, 2.75) is 89.9 Å². The Balaban J connectivity index is 1.66. The van der Waals surface area contributed by atoms with Crippen LogP contribution in [-0.2, 0) is 28.6 Å². The molecule has 33 heavy (non-hydrogen) atoms. The van der Waals surface area contributed by atoms with Crippen molar-refractivity contribution in [1.82, 2.24) is 0 Å². The van der Waals surface area contributed by atoms with E-state index in [0.717, 1.165) is 24.8 Å². The summed E-state index contributed by atoms with van der Waals surface area (Å²) < 4.78 is 17.4. The molecule has 0 bridgehead atoms. The van der Waals surface area contributed by atoms with Gasteiger partial charge in [0.25, 0.3) is 0 Å². The number of ether oxygens (including phenoxy) is 3. The maximum Gasteiger partial charge on any atom is 0.312 e. The van der Waals surface area contributed by atoms with Gasteiger partial charge in [0.2, 0.25) is 0 Å². The molecule has 1 aliphatic heterocycles. The van der Waals surface area contributed by atoms with Crippen molar-refractivity contribution in [3.8, 4) is 0 Å². The lowest BCUT2D eigenvalue weighted by Gasteiger charge is -2.62. The first-order valence-corrected chi connectivity index (χ1v) is 12.4. The van der Waals surface area contributed by atoms with Crippen LogP contribution in [0.5, 0.6) is 0 Å². The summed E-state index contributed by atoms with van der Waals surface area (Å²) >= 11 is 0. The number of carbonyl (C=O) groups is 3. The van der Waals surface area contributed by atoms with E-state index in [9.17, 15) is 19.5 Å². The van der Waals surface area contributed by atoms with Gasteiger partial charge in [0.15, 0.2) is 0 Å². The Morgan fingerprint density at radius 2 is 1.94 bits per heavy atom. The van der Waals surface area contributed by atoms with E-state index in [4.69, 9.17) is 14.2 Å². The number of aliphatic hydroxyl groups is 1. The van der Waals surface area contributed by atoms with E-state index in [0.29, 0.717) is 32.1 Å². The molecule has 0 aromatic carbocycles. The second-order valence-corrected chi connectivity index (χ2v) is 11.5. The van der Waals surface area contributed by atoms with E-state index in [1.54, 1.807) is 0 Å². The van der Waals surface area contributed by atoms with Gasteiger partial charge in [-0.15, -0.1) is 0 Å². The normalized spacial score (nSPS) is 48.3. The maximum absolute atomic E-state index is 13.1. The first-order valence-electron chi connectivity index (χ1n) is 12.4. The molecule has 7 nitrogen and oxygen atoms in total. The summed E-state index contributed by atoms with van der Waals surface area (Å²) in [4.78, 5) is 37.7. The molecular formula is C26H36O7. The molecule has 9 atom stereocenters. The number of aliphatic hydroxyl groups excluding tert-OH is 1. The minimum Gasteiger partial charge on any atom is -0.469 e. The van der Waals surface area contributed by atoms with Crippen molar-refractivity contribution in [1.29, 1.82) is 0 Å². The number of hydrogen-bond acceptors (Lipinski definition) is 7. The van der Waals surface area contributed by atoms with Crippen LogP contribution in [0.2, 0.25) is 0 Å². The molecule has 1 saturated heterocycles. The monoisotopic (exact) mass is 460 g/mol. The lowest BCUT2D eigenvalue weighted by Crippen LogP contribution is -2.62. The van der Waals surface area contributed by atoms with Crippen LogP contribution in [0, 0.1) is 34.5 Å². The van der Waals surface area contributed by atoms with Gasteiger partial charge in [0, 0.05) is 24.7 Å². The molecule has 0 aromatic rings. The van der Waals surface area contributed by atoms with E-state index < -0.39 is 17.6 Å². The predicted molar refractivity (Wildman–Crippen MR) is 118 cm³/mol. The number of methoxy groups -OCH3 is 1. The van der Waals surface area contributed by atoms with Crippen LogP contribution in [0.1, 0.15) is 72.1 Å². The summed E-state index contributed by atoms with van der Waals surface area (Å²) in [6, 6.07) is 0. The van der Waals surface area contributed by atoms with Crippen LogP contribution in [0.3, 0.4) is 0 Å². The second kappa shape index (κ2) is 7.56. The summed E-state index contributed by atoms with van der Waals surface area (Å²) in [6.45, 7) is 5.83. The van der Waals surface area contributed by atoms with Gasteiger partial charge in [-0.1, -0.05) is 25.5 Å². The van der Waals surface area contributed by atoms with Gasteiger partial charge in [-0.2, -0.15) is 0 Å². The fourth-order valence-corrected chi connectivity index (χ4v) is 8.71. The van der Waals surface area contributed by atoms with Crippen molar-refractivity contribution in [3.63, 3.8) is 0 Å². The summed E-state index contributed by atoms with van der Waals surface area (Å²) in [6.07, 6.45) is 6.60. The molecule has 5 aliphatic rings. The maximum atomic E-state index is 13.1. The Hall–Kier alpha value is -1.89. The molecule has 182 valence electrons. The predicted octanol–water partition coefficient (Wildman–Crippen LogP) is 3.33. The van der Waals surface area contributed by atoms with E-state index >= 15 is 0 Å². The Bertz CT molecular complexity index is 910. The zero-order chi connectivity index (χ0) is 23.8. The van der Waals surface area contributed by atoms with Crippen molar-refractivity contribution < 1.29 is 33.7 Å². The van der Waals surface area contributed by atoms with Crippen LogP contribution in [0.25, 0.3) is 0 Å². The fraction of sp³-hybridized carbons (Fsp3) is 0.808. The zero-order valence-corrected chi connectivity index (χ0v) is 20.1. The molecule has 5 rings (SSSR count). The highest BCUT2D eigenvalue weighted by Gasteiger charge is 2.71. The number of carbonyl (C=O) groups excluding carboxylic acids is 3. The van der Waals surface area contributed by atoms with Crippen molar-refractivity contribution in [2.24, 2.45) is 34.5 Å². The molecule has 0 radical (unpaired) electrons. The summed E-state index contributed by atoms with van der Waals surface area (Å²) in [5.74, 6) is -1.23. The zero-order valence-electron chi connectivity index (χ0n) is 20.1. The van der Waals surface area contributed by atoms with Gasteiger partial charge < -0.3 is 19.3 Å². The molecule has 3 saturated carbocycles. The molecule has 1 spiro atoms. The molecule has 0 amide bonds. The standard InChI is InChI=1S/C26H36O7/c1-14(27)32-19-13-25(3)18(6-9-26(25)10-7-20(29)33-26)21-17(23(30)31-4)12-15-11-16(28)5-8-24(15,2)22(19)21/h12,16-19,21-22,28H,5-11,13H2,1-4H3/t16-,17?,18?,19?,21?,22?,24-,25-,26+/m0/s1. The van der Waals surface area contributed by atoms with E-state index in [1.807, 2.05) is 0 Å². The Labute approximate surface area is 195 Å². The Morgan fingerprint density at radius 1 is 1.18 bits per heavy atom. The highest BCUT2D eigenvalue weighted by atomic mass is 16.6. The van der Waals surface area contributed by atoms with E-state index in [1.165, 1.54) is 14.0 Å². The molecule has 7 heteroatoms. The topological polar surface area (TPSA) is 99.1 Å². The summed E-state index contributed by atoms with van der Waals surface area (Å²) in [5, 5.41) is 10.4.